The quantitative estimate of drug-likeness (QED) is 0.676. The van der Waals surface area contributed by atoms with E-state index >= 15 is 0 Å². The molecule has 13 heavy (non-hydrogen) atoms. The molecule has 0 unspecified atom stereocenters. The largest absolute Gasteiger partial charge is 0.377 e. The Kier molecular flexibility index (Phi) is 2.50. The summed E-state index contributed by atoms with van der Waals surface area (Å²) < 4.78 is 0. The van der Waals surface area contributed by atoms with Gasteiger partial charge >= 0.3 is 0 Å². The Morgan fingerprint density at radius 3 is 2.69 bits per heavy atom. The molecule has 2 nitrogen and oxygen atoms in total. The van der Waals surface area contributed by atoms with Gasteiger partial charge in [0.15, 0.2) is 0 Å². The summed E-state index contributed by atoms with van der Waals surface area (Å²) in [6.45, 7) is 0.0127. The number of benzene rings is 1. The molecule has 0 saturated heterocycles. The maximum absolute atomic E-state index is 8.71. The van der Waals surface area contributed by atoms with Crippen molar-refractivity contribution in [3.8, 4) is 0 Å². The number of hydrogen-bond acceptors (Lipinski definition) is 2. The number of nitrogens with one attached hydrogen (secondary N) is 1. The number of aliphatic hydroxyl groups is 1. The second kappa shape index (κ2) is 3.79. The first-order valence-corrected chi connectivity index (χ1v) is 4.86. The molecule has 1 aromatic carbocycles. The van der Waals surface area contributed by atoms with Crippen LogP contribution in [0.3, 0.4) is 0 Å². The summed E-state index contributed by atoms with van der Waals surface area (Å²) in [4.78, 5) is 0. The van der Waals surface area contributed by atoms with E-state index in [1.54, 1.807) is 0 Å². The van der Waals surface area contributed by atoms with Crippen LogP contribution < -0.4 is 5.32 Å². The lowest BCUT2D eigenvalue weighted by atomic mass is 9.91. The van der Waals surface area contributed by atoms with Crippen molar-refractivity contribution in [2.45, 2.75) is 25.7 Å². The third kappa shape index (κ3) is 1.83. The average molecular weight is 177 g/mol. The van der Waals surface area contributed by atoms with Crippen molar-refractivity contribution in [1.82, 2.24) is 0 Å². The minimum absolute atomic E-state index is 0.0127. The topological polar surface area (TPSA) is 32.3 Å². The summed E-state index contributed by atoms with van der Waals surface area (Å²) in [6.07, 6.45) is 5.03. The van der Waals surface area contributed by atoms with Crippen LogP contribution in [-0.2, 0) is 12.8 Å². The molecule has 0 radical (unpaired) electrons. The van der Waals surface area contributed by atoms with Crippen LogP contribution in [0.2, 0.25) is 0 Å². The van der Waals surface area contributed by atoms with E-state index in [0.29, 0.717) is 0 Å². The molecular formula is C11H15NO. The first kappa shape index (κ1) is 8.57. The molecule has 1 aliphatic rings. The maximum atomic E-state index is 8.71. The highest BCUT2D eigenvalue weighted by Crippen LogP contribution is 2.23. The Balaban J connectivity index is 2.24. The fourth-order valence-electron chi connectivity index (χ4n) is 1.93. The van der Waals surface area contributed by atoms with Crippen molar-refractivity contribution < 1.29 is 5.11 Å². The van der Waals surface area contributed by atoms with Gasteiger partial charge in [-0.2, -0.15) is 0 Å². The molecule has 2 heteroatoms. The summed E-state index contributed by atoms with van der Waals surface area (Å²) in [5.41, 5.74) is 3.96. The van der Waals surface area contributed by atoms with Crippen LogP contribution in [0.5, 0.6) is 0 Å². The molecule has 0 heterocycles. The van der Waals surface area contributed by atoms with Gasteiger partial charge in [-0.25, -0.2) is 0 Å². The summed E-state index contributed by atoms with van der Waals surface area (Å²) >= 11 is 0. The third-order valence-corrected chi connectivity index (χ3v) is 2.63. The Morgan fingerprint density at radius 1 is 1.15 bits per heavy atom. The monoisotopic (exact) mass is 177 g/mol. The van der Waals surface area contributed by atoms with Crippen molar-refractivity contribution in [3.05, 3.63) is 29.3 Å². The summed E-state index contributed by atoms with van der Waals surface area (Å²) in [7, 11) is 0. The first-order chi connectivity index (χ1) is 6.40. The molecule has 0 aliphatic heterocycles. The van der Waals surface area contributed by atoms with Crippen molar-refractivity contribution in [3.63, 3.8) is 0 Å². The number of aliphatic hydroxyl groups excluding tert-OH is 1. The van der Waals surface area contributed by atoms with Crippen molar-refractivity contribution >= 4 is 5.69 Å². The minimum atomic E-state index is 0.0127. The van der Waals surface area contributed by atoms with Crippen molar-refractivity contribution in [1.29, 1.82) is 0 Å². The predicted molar refractivity (Wildman–Crippen MR) is 53.8 cm³/mol. The van der Waals surface area contributed by atoms with Crippen LogP contribution in [0, 0.1) is 0 Å². The van der Waals surface area contributed by atoms with E-state index < -0.39 is 0 Å². The Morgan fingerprint density at radius 2 is 1.92 bits per heavy atom. The molecule has 0 atom stereocenters. The van der Waals surface area contributed by atoms with Crippen molar-refractivity contribution in [2.75, 3.05) is 12.0 Å². The Labute approximate surface area is 78.6 Å². The minimum Gasteiger partial charge on any atom is -0.377 e. The van der Waals surface area contributed by atoms with E-state index in [4.69, 9.17) is 5.11 Å². The van der Waals surface area contributed by atoms with Crippen molar-refractivity contribution in [2.24, 2.45) is 0 Å². The van der Waals surface area contributed by atoms with Crippen LogP contribution in [0.25, 0.3) is 0 Å². The lowest BCUT2D eigenvalue weighted by molar-refractivity contribution is 0.325. The van der Waals surface area contributed by atoms with Gasteiger partial charge in [0.1, 0.15) is 6.73 Å². The number of anilines is 1. The van der Waals surface area contributed by atoms with E-state index in [9.17, 15) is 0 Å². The van der Waals surface area contributed by atoms with Crippen LogP contribution >= 0.6 is 0 Å². The van der Waals surface area contributed by atoms with Gasteiger partial charge in [0.2, 0.25) is 0 Å². The van der Waals surface area contributed by atoms with Crippen LogP contribution in [0.1, 0.15) is 24.0 Å². The molecule has 2 rings (SSSR count). The standard InChI is InChI=1S/C11H15NO/c13-8-12-11-6-5-9-3-1-2-4-10(9)7-11/h5-7,12-13H,1-4,8H2. The molecule has 0 saturated carbocycles. The second-order valence-electron chi connectivity index (χ2n) is 3.53. The third-order valence-electron chi connectivity index (χ3n) is 2.63. The summed E-state index contributed by atoms with van der Waals surface area (Å²) in [5, 5.41) is 11.6. The molecule has 0 amide bonds. The molecule has 2 N–H and O–H groups in total. The normalized spacial score (nSPS) is 15.2. The van der Waals surface area contributed by atoms with Crippen LogP contribution in [-0.4, -0.2) is 11.8 Å². The maximum Gasteiger partial charge on any atom is 0.113 e. The van der Waals surface area contributed by atoms with E-state index in [-0.39, 0.29) is 6.73 Å². The van der Waals surface area contributed by atoms with Gasteiger partial charge in [-0.15, -0.1) is 0 Å². The highest BCUT2D eigenvalue weighted by Gasteiger charge is 2.08. The number of fused-ring (bicyclic) bond motifs is 1. The molecular weight excluding hydrogens is 162 g/mol. The molecule has 70 valence electrons. The van der Waals surface area contributed by atoms with Gasteiger partial charge in [0.05, 0.1) is 0 Å². The molecule has 0 spiro atoms. The smallest absolute Gasteiger partial charge is 0.113 e. The van der Waals surface area contributed by atoms with Crippen LogP contribution in [0.15, 0.2) is 18.2 Å². The molecule has 1 aromatic rings. The number of rotatable bonds is 2. The number of aryl methyl sites for hydroxylation is 2. The molecule has 0 aromatic heterocycles. The Hall–Kier alpha value is -1.02. The lowest BCUT2D eigenvalue weighted by Crippen LogP contribution is -2.05. The van der Waals surface area contributed by atoms with E-state index in [1.807, 2.05) is 6.07 Å². The molecule has 0 bridgehead atoms. The highest BCUT2D eigenvalue weighted by molar-refractivity contribution is 5.49. The summed E-state index contributed by atoms with van der Waals surface area (Å²) in [5.74, 6) is 0. The van der Waals surface area contributed by atoms with Gasteiger partial charge < -0.3 is 10.4 Å². The fraction of sp³-hybridized carbons (Fsp3) is 0.455. The van der Waals surface area contributed by atoms with E-state index in [2.05, 4.69) is 17.4 Å². The Bertz CT molecular complexity index is 296. The molecule has 0 fully saturated rings. The number of hydrogen-bond donors (Lipinski definition) is 2. The van der Waals surface area contributed by atoms with Gasteiger partial charge in [-0.1, -0.05) is 6.07 Å². The van der Waals surface area contributed by atoms with E-state index in [0.717, 1.165) is 5.69 Å². The average Bonchev–Trinajstić information content (AvgIpc) is 2.18. The molecule has 1 aliphatic carbocycles. The SMILES string of the molecule is OCNc1ccc2c(c1)CCCC2. The van der Waals surface area contributed by atoms with Crippen LogP contribution in [0.4, 0.5) is 5.69 Å². The second-order valence-corrected chi connectivity index (χ2v) is 3.53. The predicted octanol–water partition coefficient (Wildman–Crippen LogP) is 1.93. The van der Waals surface area contributed by atoms with Gasteiger partial charge in [-0.3, -0.25) is 0 Å². The zero-order valence-electron chi connectivity index (χ0n) is 7.71. The zero-order chi connectivity index (χ0) is 9.10. The first-order valence-electron chi connectivity index (χ1n) is 4.86. The summed E-state index contributed by atoms with van der Waals surface area (Å²) in [6, 6.07) is 6.37. The van der Waals surface area contributed by atoms with Gasteiger partial charge in [0, 0.05) is 5.69 Å². The van der Waals surface area contributed by atoms with Gasteiger partial charge in [0.25, 0.3) is 0 Å². The highest BCUT2D eigenvalue weighted by atomic mass is 16.3. The van der Waals surface area contributed by atoms with E-state index in [1.165, 1.54) is 36.8 Å². The van der Waals surface area contributed by atoms with Gasteiger partial charge in [-0.05, 0) is 48.9 Å². The lowest BCUT2D eigenvalue weighted by Gasteiger charge is -2.16. The fourth-order valence-corrected chi connectivity index (χ4v) is 1.93. The zero-order valence-corrected chi connectivity index (χ0v) is 7.71.